The van der Waals surface area contributed by atoms with E-state index in [1.54, 1.807) is 0 Å². The van der Waals surface area contributed by atoms with E-state index in [0.29, 0.717) is 50.1 Å². The number of carboxylic acids is 1. The molecule has 2 aromatic heterocycles. The molecule has 2 N–H and O–H groups in total. The van der Waals surface area contributed by atoms with Gasteiger partial charge in [-0.2, -0.15) is 26.3 Å². The van der Waals surface area contributed by atoms with E-state index in [0.717, 1.165) is 12.1 Å². The third kappa shape index (κ3) is 23.4. The Morgan fingerprint density at radius 1 is 0.656 bits per heavy atom. The molecule has 4 unspecified atom stereocenters. The van der Waals surface area contributed by atoms with Crippen molar-refractivity contribution in [3.63, 3.8) is 0 Å². The maximum absolute atomic E-state index is 12.8. The summed E-state index contributed by atoms with van der Waals surface area (Å²) in [7, 11) is -1.23. The zero-order valence-corrected chi connectivity index (χ0v) is 75.9. The second kappa shape index (κ2) is 36.6. The molecule has 4 aliphatic rings. The van der Waals surface area contributed by atoms with Gasteiger partial charge in [0.25, 0.3) is 0 Å². The Balaban J connectivity index is 0.000000445. The van der Waals surface area contributed by atoms with Crippen molar-refractivity contribution in [2.45, 2.75) is 62.5 Å². The number of alkyl halides is 6. The van der Waals surface area contributed by atoms with Gasteiger partial charge in [0, 0.05) is 11.1 Å². The summed E-state index contributed by atoms with van der Waals surface area (Å²) in [5.74, 6) is -1.73. The summed E-state index contributed by atoms with van der Waals surface area (Å²) in [6.45, 7) is 0. The van der Waals surface area contributed by atoms with Gasteiger partial charge in [-0.25, -0.2) is 19.6 Å². The molecule has 0 aromatic carbocycles. The fourth-order valence-electron chi connectivity index (χ4n) is 5.65. The molecule has 0 spiro atoms. The molecule has 4 bridgehead atoms. The van der Waals surface area contributed by atoms with Gasteiger partial charge >= 0.3 is 343 Å². The first-order chi connectivity index (χ1) is 28.8. The fraction of sp³-hybridized carbons (Fsp3) is 0.407. The summed E-state index contributed by atoms with van der Waals surface area (Å²) in [5.41, 5.74) is -0.839. The van der Waals surface area contributed by atoms with Gasteiger partial charge in [0.05, 0.1) is 54.1 Å². The fourth-order valence-corrected chi connectivity index (χ4v) is 1890. The quantitative estimate of drug-likeness (QED) is 0.101. The summed E-state index contributed by atoms with van der Waals surface area (Å²) in [5, 5.41) is 9.21. The molecular weight excluding hydrogens is 3250 g/mol. The van der Waals surface area contributed by atoms with Gasteiger partial charge in [0.15, 0.2) is 0 Å². The van der Waals surface area contributed by atoms with E-state index in [1.165, 1.54) is 31.4 Å². The van der Waals surface area contributed by atoms with Crippen molar-refractivity contribution in [1.82, 2.24) is 9.97 Å². The van der Waals surface area contributed by atoms with Crippen LogP contribution in [0.25, 0.3) is 11.1 Å². The van der Waals surface area contributed by atoms with E-state index >= 15 is 0 Å². The molecule has 2 aromatic rings. The number of aromatic nitrogens is 2. The van der Waals surface area contributed by atoms with Crippen molar-refractivity contribution >= 4 is 310 Å². The number of ether oxygens (including phenoxy) is 3. The Morgan fingerprint density at radius 2 is 1.00 bits per heavy atom. The van der Waals surface area contributed by atoms with Crippen LogP contribution in [0.2, 0.25) is 0 Å². The number of methoxy groups -OCH3 is 1. The number of aliphatic carboxylic acids is 1. The van der Waals surface area contributed by atoms with Gasteiger partial charge < -0.3 is 24.8 Å². The molecule has 0 radical (unpaired) electrons. The third-order valence-electron chi connectivity index (χ3n) is 7.70. The Morgan fingerprint density at radius 3 is 1.33 bits per heavy atom. The van der Waals surface area contributed by atoms with Gasteiger partial charge in [-0.15, -0.1) is 0 Å². The van der Waals surface area contributed by atoms with Gasteiger partial charge in [0.1, 0.15) is 11.4 Å². The summed E-state index contributed by atoms with van der Waals surface area (Å²) < 4.78 is 92.1. The summed E-state index contributed by atoms with van der Waals surface area (Å²) in [6, 6.07) is 7.10. The van der Waals surface area contributed by atoms with E-state index in [9.17, 15) is 41.0 Å². The average Bonchev–Trinajstić information content (AvgIpc) is 4.05. The monoisotopic (exact) mass is 3270 g/mol. The Kier molecular flexibility index (Phi) is 42.4. The van der Waals surface area contributed by atoms with Crippen LogP contribution in [-0.4, -0.2) is 64.0 Å². The number of carbonyl (C=O) groups excluding carboxylic acids is 1. The number of hydrogen-bond acceptors (Lipinski definition) is 8. The molecule has 0 amide bonds. The molecule has 2 saturated heterocycles. The molecule has 64 heavy (non-hydrogen) atoms. The number of rotatable bonds is 11. The van der Waals surface area contributed by atoms with E-state index in [2.05, 4.69) is 233 Å². The molecule has 6 heterocycles. The number of nitrogens with zero attached hydrogens (tertiary/aromatic N) is 2. The minimum Gasteiger partial charge on any atom is -0.870 e. The summed E-state index contributed by atoms with van der Waals surface area (Å²) in [4.78, 5) is 30.3. The summed E-state index contributed by atoms with van der Waals surface area (Å²) in [6.07, 6.45) is -8.38. The molecule has 6 rings (SSSR count). The second-order valence-electron chi connectivity index (χ2n) is 11.0. The van der Waals surface area contributed by atoms with E-state index in [4.69, 9.17) is 14.2 Å². The average molecular weight is 3270 g/mol. The zero-order chi connectivity index (χ0) is 47.0. The normalized spacial score (nSPS) is 21.3. The van der Waals surface area contributed by atoms with Crippen LogP contribution in [0.3, 0.4) is 0 Å². The first-order valence-corrected chi connectivity index (χ1v) is 135. The van der Waals surface area contributed by atoms with Crippen LogP contribution in [0.1, 0.15) is 48.5 Å². The predicted octanol–water partition coefficient (Wildman–Crippen LogP) is 16.6. The first-order valence-electron chi connectivity index (χ1n) is 15.2. The molecule has 2 fully saturated rings. The predicted molar refractivity (Wildman–Crippen MR) is 410 cm³/mol. The van der Waals surface area contributed by atoms with Crippen molar-refractivity contribution in [3.05, 3.63) is 70.3 Å². The molecule has 0 saturated carbocycles. The largest absolute Gasteiger partial charge is 1.00 e. The number of hydrogen-bond donors (Lipinski definition) is 1. The van der Waals surface area contributed by atoms with Crippen molar-refractivity contribution < 1.29 is 92.8 Å². The Labute approximate surface area is 534 Å². The van der Waals surface area contributed by atoms with Crippen LogP contribution < -0.4 is 32.1 Å². The van der Waals surface area contributed by atoms with Crippen LogP contribution in [0.15, 0.2) is 47.5 Å². The van der Waals surface area contributed by atoms with Gasteiger partial charge in [-0.1, -0.05) is 12.1 Å². The van der Waals surface area contributed by atoms with Crippen molar-refractivity contribution in [1.29, 1.82) is 0 Å². The molecule has 4 aliphatic heterocycles. The van der Waals surface area contributed by atoms with Crippen molar-refractivity contribution in [3.8, 4) is 0 Å². The van der Waals surface area contributed by atoms with Crippen LogP contribution >= 0.6 is 287 Å². The third-order valence-corrected chi connectivity index (χ3v) is 1080. The first kappa shape index (κ1) is 74.1. The number of halogens is 27. The molecular formula is C27H23F6I21LiN2O7-. The van der Waals surface area contributed by atoms with Crippen LogP contribution in [-0.2, 0) is 36.2 Å². The van der Waals surface area contributed by atoms with Crippen LogP contribution in [0.4, 0.5) is 26.3 Å². The number of carboxylic acid groups (broad SMARTS) is 1. The van der Waals surface area contributed by atoms with E-state index in [1.807, 2.05) is 0 Å². The molecule has 37 heteroatoms. The van der Waals surface area contributed by atoms with Crippen molar-refractivity contribution in [2.24, 2.45) is 0 Å². The van der Waals surface area contributed by atoms with Crippen LogP contribution in [0, 0.1) is 0 Å². The molecule has 9 nitrogen and oxygen atoms in total. The second-order valence-corrected chi connectivity index (χ2v) is 417. The molecule has 4 atom stereocenters. The van der Waals surface area contributed by atoms with Gasteiger partial charge in [-0.05, 0) is 49.9 Å². The van der Waals surface area contributed by atoms with E-state index < -0.39 is 54.0 Å². The number of pyridine rings is 2. The van der Waals surface area contributed by atoms with Gasteiger partial charge in [-0.3, -0.25) is 0 Å². The van der Waals surface area contributed by atoms with Crippen LogP contribution in [0.5, 0.6) is 0 Å². The number of esters is 1. The smallest absolute Gasteiger partial charge is 0.870 e. The minimum absolute atomic E-state index is 0. The van der Waals surface area contributed by atoms with Gasteiger partial charge in [0.2, 0.25) is 0 Å². The molecule has 0 aliphatic carbocycles. The van der Waals surface area contributed by atoms with Crippen molar-refractivity contribution in [2.75, 3.05) is 7.11 Å². The maximum Gasteiger partial charge on any atom is 1.00 e. The van der Waals surface area contributed by atoms with E-state index in [-0.39, 0.29) is 116 Å². The summed E-state index contributed by atoms with van der Waals surface area (Å²) >= 11 is 34.6. The maximum atomic E-state index is 12.8. The topological polar surface area (TPSA) is 138 Å². The standard InChI is InChI=1S/C14H12F3NO3.C13H10F3NO3.I11.I10.Li.H2O/c1-20-13(19)12-9-6-5-8(21-9)11(12)7-3-2-4-10(18-7)14(15,16)17;14-13(15,16)9-3-1-2-6(17-9)10-7-4-5-8(20-7)11(10)12(18)19;1-7-9(4)11(6)10(5)8(2)3;1-7(2)9(5)10(6)8(3)4;;/h2-4,8-9H,5-6H2,1H3;1-3,7-8H,4-5H2,(H,18,19);;;;1H2/q;;-1;;+1;/p-1. The minimum atomic E-state index is -4.56. The molecule has 374 valence electrons. The zero-order valence-electron chi connectivity index (χ0n) is 30.6. The number of carbonyl (C=O) groups is 2. The Bertz CT molecular complexity index is 1920. The Hall–Kier alpha value is 12.1. The number of fused-ring (bicyclic) bond motifs is 4. The SMILES string of the molecule is COC(=O)C1=C(c2cccc(C(F)(F)F)n2)C2CCC1O2.II(I)I(I)I(I)I(I)I.I[I-]I(I)I(I)I(I)I(I)I.O=C(O)C1=C(c2cccc(C(F)(F)F)n2)C2CCC1O2.[Li+].[OH-].